The van der Waals surface area contributed by atoms with Crippen LogP contribution in [0, 0.1) is 11.6 Å². The van der Waals surface area contributed by atoms with Crippen molar-refractivity contribution in [3.05, 3.63) is 75.2 Å². The Labute approximate surface area is 160 Å². The van der Waals surface area contributed by atoms with Crippen LogP contribution in [0.5, 0.6) is 0 Å². The molecule has 0 saturated heterocycles. The summed E-state index contributed by atoms with van der Waals surface area (Å²) >= 11 is 0. The van der Waals surface area contributed by atoms with Crippen molar-refractivity contribution in [3.63, 3.8) is 0 Å². The number of fused-ring (bicyclic) bond motifs is 1. The fourth-order valence-corrected chi connectivity index (χ4v) is 2.86. The number of hydrogen-bond donors (Lipinski definition) is 1. The third-order valence-corrected chi connectivity index (χ3v) is 4.62. The maximum absolute atomic E-state index is 13.7. The summed E-state index contributed by atoms with van der Waals surface area (Å²) in [6.07, 6.45) is -4.53. The molecule has 5 nitrogen and oxygen atoms in total. The minimum absolute atomic E-state index is 0.00157. The summed E-state index contributed by atoms with van der Waals surface area (Å²) in [6, 6.07) is 4.40. The molecule has 1 atom stereocenters. The number of amides is 1. The smallest absolute Gasteiger partial charge is 0.333 e. The first-order valence-electron chi connectivity index (χ1n) is 8.32. The van der Waals surface area contributed by atoms with Gasteiger partial charge in [0.05, 0.1) is 22.7 Å². The van der Waals surface area contributed by atoms with E-state index in [4.69, 9.17) is 0 Å². The first-order chi connectivity index (χ1) is 13.5. The van der Waals surface area contributed by atoms with E-state index >= 15 is 0 Å². The molecule has 0 bridgehead atoms. The van der Waals surface area contributed by atoms with Gasteiger partial charge in [-0.1, -0.05) is 0 Å². The predicted octanol–water partition coefficient (Wildman–Crippen LogP) is 4.05. The molecule has 2 aromatic carbocycles. The minimum Gasteiger partial charge on any atom is -0.333 e. The number of nitrogens with zero attached hydrogens (tertiary/aromatic N) is 2. The molecule has 0 saturated carbocycles. The Morgan fingerprint density at radius 1 is 1.07 bits per heavy atom. The average Bonchev–Trinajstić information content (AvgIpc) is 2.67. The molecule has 0 radical (unpaired) electrons. The van der Waals surface area contributed by atoms with Crippen molar-refractivity contribution < 1.29 is 26.7 Å². The number of alkyl halides is 3. The largest absolute Gasteiger partial charge is 0.416 e. The van der Waals surface area contributed by atoms with Crippen LogP contribution in [0.4, 0.5) is 22.0 Å². The van der Waals surface area contributed by atoms with E-state index in [9.17, 15) is 31.5 Å². The van der Waals surface area contributed by atoms with Crippen molar-refractivity contribution in [2.45, 2.75) is 19.1 Å². The number of carbonyl (C=O) groups is 1. The molecule has 1 unspecified atom stereocenters. The lowest BCUT2D eigenvalue weighted by molar-refractivity contribution is -0.137. The summed E-state index contributed by atoms with van der Waals surface area (Å²) < 4.78 is 65.2. The van der Waals surface area contributed by atoms with Gasteiger partial charge in [-0.15, -0.1) is 0 Å². The number of aromatic amines is 1. The zero-order valence-electron chi connectivity index (χ0n) is 15.1. The van der Waals surface area contributed by atoms with Gasteiger partial charge >= 0.3 is 6.18 Å². The third-order valence-electron chi connectivity index (χ3n) is 4.62. The van der Waals surface area contributed by atoms with Crippen molar-refractivity contribution in [2.75, 3.05) is 7.05 Å². The average molecular weight is 411 g/mol. The van der Waals surface area contributed by atoms with Crippen LogP contribution < -0.4 is 5.56 Å². The van der Waals surface area contributed by atoms with Crippen molar-refractivity contribution in [2.24, 2.45) is 0 Å². The number of H-pyrrole nitrogens is 1. The molecule has 0 spiro atoms. The minimum atomic E-state index is -4.53. The molecule has 1 heterocycles. The van der Waals surface area contributed by atoms with E-state index in [2.05, 4.69) is 10.2 Å². The number of aromatic nitrogens is 2. The Hall–Kier alpha value is -3.30. The molecule has 0 aliphatic carbocycles. The van der Waals surface area contributed by atoms with Gasteiger partial charge in [0.2, 0.25) is 0 Å². The molecule has 152 valence electrons. The quantitative estimate of drug-likeness (QED) is 0.662. The molecular formula is C19H14F5N3O2. The predicted molar refractivity (Wildman–Crippen MR) is 94.2 cm³/mol. The second kappa shape index (κ2) is 7.26. The summed E-state index contributed by atoms with van der Waals surface area (Å²) in [4.78, 5) is 25.7. The van der Waals surface area contributed by atoms with Crippen LogP contribution in [0.2, 0.25) is 0 Å². The first kappa shape index (κ1) is 20.4. The molecule has 0 fully saturated rings. The van der Waals surface area contributed by atoms with Crippen LogP contribution in [-0.4, -0.2) is 28.1 Å². The Morgan fingerprint density at radius 3 is 2.17 bits per heavy atom. The van der Waals surface area contributed by atoms with Crippen LogP contribution in [0.25, 0.3) is 10.8 Å². The molecule has 1 aromatic heterocycles. The molecule has 3 aromatic rings. The standard InChI is InChI=1S/C19H14F5N3O2/c1-9(16-12-7-14(20)15(21)8-13(12)17(28)26-25-16)27(2)18(29)10-3-5-11(6-4-10)19(22,23)24/h3-9H,1-2H3,(H,26,28). The fraction of sp³-hybridized carbons (Fsp3) is 0.211. The molecule has 0 aliphatic rings. The SMILES string of the molecule is CC(c1n[nH]c(=O)c2cc(F)c(F)cc12)N(C)C(=O)c1ccc(C(F)(F)F)cc1. The molecule has 3 rings (SSSR count). The molecule has 1 N–H and O–H groups in total. The number of halogens is 5. The van der Waals surface area contributed by atoms with Gasteiger partial charge in [-0.05, 0) is 43.3 Å². The van der Waals surface area contributed by atoms with E-state index in [0.717, 1.165) is 36.4 Å². The Bertz CT molecular complexity index is 1140. The van der Waals surface area contributed by atoms with Crippen molar-refractivity contribution >= 4 is 16.7 Å². The van der Waals surface area contributed by atoms with Crippen molar-refractivity contribution in [1.82, 2.24) is 15.1 Å². The van der Waals surface area contributed by atoms with E-state index in [-0.39, 0.29) is 22.0 Å². The highest BCUT2D eigenvalue weighted by molar-refractivity contribution is 5.94. The molecular weight excluding hydrogens is 397 g/mol. The topological polar surface area (TPSA) is 66.1 Å². The van der Waals surface area contributed by atoms with Crippen LogP contribution in [0.15, 0.2) is 41.2 Å². The number of hydrogen-bond acceptors (Lipinski definition) is 3. The highest BCUT2D eigenvalue weighted by Gasteiger charge is 2.31. The van der Waals surface area contributed by atoms with Crippen LogP contribution in [0.3, 0.4) is 0 Å². The Balaban J connectivity index is 1.97. The van der Waals surface area contributed by atoms with E-state index in [1.807, 2.05) is 0 Å². The number of nitrogens with one attached hydrogen (secondary N) is 1. The summed E-state index contributed by atoms with van der Waals surface area (Å²) in [5.74, 6) is -3.01. The van der Waals surface area contributed by atoms with Gasteiger partial charge in [0, 0.05) is 18.0 Å². The highest BCUT2D eigenvalue weighted by atomic mass is 19.4. The number of benzene rings is 2. The van der Waals surface area contributed by atoms with Crippen LogP contribution in [-0.2, 0) is 6.18 Å². The van der Waals surface area contributed by atoms with E-state index < -0.39 is 40.9 Å². The lowest BCUT2D eigenvalue weighted by atomic mass is 10.0. The molecule has 1 amide bonds. The lowest BCUT2D eigenvalue weighted by Gasteiger charge is -2.25. The normalized spacial score (nSPS) is 12.8. The zero-order chi connectivity index (χ0) is 21.5. The zero-order valence-corrected chi connectivity index (χ0v) is 15.1. The van der Waals surface area contributed by atoms with Gasteiger partial charge in [-0.3, -0.25) is 9.59 Å². The molecule has 10 heteroatoms. The van der Waals surface area contributed by atoms with Crippen LogP contribution in [0.1, 0.15) is 34.6 Å². The summed E-state index contributed by atoms with van der Waals surface area (Å²) in [6.45, 7) is 1.53. The summed E-state index contributed by atoms with van der Waals surface area (Å²) in [7, 11) is 1.38. The van der Waals surface area contributed by atoms with E-state index in [1.165, 1.54) is 18.9 Å². The monoisotopic (exact) mass is 411 g/mol. The first-order valence-corrected chi connectivity index (χ1v) is 8.32. The maximum Gasteiger partial charge on any atom is 0.416 e. The van der Waals surface area contributed by atoms with E-state index in [1.54, 1.807) is 0 Å². The second-order valence-corrected chi connectivity index (χ2v) is 6.42. The molecule has 0 aliphatic heterocycles. The Morgan fingerprint density at radius 2 is 1.62 bits per heavy atom. The van der Waals surface area contributed by atoms with Gasteiger partial charge < -0.3 is 4.90 Å². The third kappa shape index (κ3) is 3.82. The van der Waals surface area contributed by atoms with Crippen molar-refractivity contribution in [3.8, 4) is 0 Å². The highest BCUT2D eigenvalue weighted by Crippen LogP contribution is 2.30. The maximum atomic E-state index is 13.7. The van der Waals surface area contributed by atoms with Gasteiger partial charge in [0.25, 0.3) is 11.5 Å². The lowest BCUT2D eigenvalue weighted by Crippen LogP contribution is -2.31. The summed E-state index contributed by atoms with van der Waals surface area (Å²) in [5.41, 5.74) is -1.53. The van der Waals surface area contributed by atoms with Crippen LogP contribution >= 0.6 is 0 Å². The molecule has 29 heavy (non-hydrogen) atoms. The van der Waals surface area contributed by atoms with E-state index in [0.29, 0.717) is 0 Å². The Kier molecular flexibility index (Phi) is 5.12. The van der Waals surface area contributed by atoms with Gasteiger partial charge in [-0.2, -0.15) is 18.3 Å². The van der Waals surface area contributed by atoms with Gasteiger partial charge in [0.15, 0.2) is 11.6 Å². The number of rotatable bonds is 3. The van der Waals surface area contributed by atoms with Gasteiger partial charge in [-0.25, -0.2) is 13.9 Å². The second-order valence-electron chi connectivity index (χ2n) is 6.42. The number of carbonyl (C=O) groups excluding carboxylic acids is 1. The summed E-state index contributed by atoms with van der Waals surface area (Å²) in [5, 5.41) is 5.90. The van der Waals surface area contributed by atoms with Gasteiger partial charge in [0.1, 0.15) is 0 Å². The van der Waals surface area contributed by atoms with Crippen molar-refractivity contribution in [1.29, 1.82) is 0 Å². The fourth-order valence-electron chi connectivity index (χ4n) is 2.86.